The van der Waals surface area contributed by atoms with Crippen LogP contribution in [0.3, 0.4) is 0 Å². The van der Waals surface area contributed by atoms with E-state index in [1.165, 1.54) is 0 Å². The Hall–Kier alpha value is -0.770. The molecule has 0 aliphatic carbocycles. The number of halogens is 1. The first-order valence-corrected chi connectivity index (χ1v) is 6.26. The molecule has 1 fully saturated rings. The van der Waals surface area contributed by atoms with E-state index in [1.54, 1.807) is 7.11 Å². The van der Waals surface area contributed by atoms with Gasteiger partial charge in [-0.3, -0.25) is 0 Å². The van der Waals surface area contributed by atoms with Crippen LogP contribution in [0.15, 0.2) is 18.2 Å². The molecule has 2 atom stereocenters. The average Bonchev–Trinajstić information content (AvgIpc) is 2.85. The monoisotopic (exact) mass is 255 g/mol. The highest BCUT2D eigenvalue weighted by Gasteiger charge is 2.27. The first kappa shape index (κ1) is 12.7. The summed E-state index contributed by atoms with van der Waals surface area (Å²) >= 11 is 6.28. The third-order valence-corrected chi connectivity index (χ3v) is 3.52. The molecule has 3 nitrogen and oxygen atoms in total. The van der Waals surface area contributed by atoms with Gasteiger partial charge in [-0.15, -0.1) is 0 Å². The smallest absolute Gasteiger partial charge is 0.120 e. The summed E-state index contributed by atoms with van der Waals surface area (Å²) in [5, 5.41) is 4.01. The highest BCUT2D eigenvalue weighted by molar-refractivity contribution is 6.31. The summed E-state index contributed by atoms with van der Waals surface area (Å²) in [4.78, 5) is 0. The number of hydrogen-bond donors (Lipinski definition) is 1. The molecule has 1 saturated heterocycles. The summed E-state index contributed by atoms with van der Waals surface area (Å²) in [6.07, 6.45) is 2.41. The molecule has 1 N–H and O–H groups in total. The lowest BCUT2D eigenvalue weighted by atomic mass is 9.99. The van der Waals surface area contributed by atoms with Crippen molar-refractivity contribution >= 4 is 11.6 Å². The topological polar surface area (TPSA) is 30.5 Å². The van der Waals surface area contributed by atoms with Crippen molar-refractivity contribution in [1.82, 2.24) is 5.32 Å². The van der Waals surface area contributed by atoms with Crippen LogP contribution in [-0.2, 0) is 4.74 Å². The van der Waals surface area contributed by atoms with Gasteiger partial charge in [0.25, 0.3) is 0 Å². The van der Waals surface area contributed by atoms with Gasteiger partial charge in [-0.05, 0) is 37.6 Å². The maximum absolute atomic E-state index is 6.28. The molecule has 1 heterocycles. The van der Waals surface area contributed by atoms with Crippen molar-refractivity contribution in [2.24, 2.45) is 0 Å². The minimum absolute atomic E-state index is 0.149. The lowest BCUT2D eigenvalue weighted by molar-refractivity contribution is 0.0808. The fraction of sp³-hybridized carbons (Fsp3) is 0.538. The minimum Gasteiger partial charge on any atom is -0.497 e. The molecule has 1 aliphatic rings. The highest BCUT2D eigenvalue weighted by atomic mass is 35.5. The summed E-state index contributed by atoms with van der Waals surface area (Å²) < 4.78 is 10.9. The van der Waals surface area contributed by atoms with Crippen LogP contribution in [0.4, 0.5) is 0 Å². The van der Waals surface area contributed by atoms with E-state index in [0.29, 0.717) is 0 Å². The van der Waals surface area contributed by atoms with E-state index in [-0.39, 0.29) is 12.1 Å². The van der Waals surface area contributed by atoms with Crippen LogP contribution in [0.2, 0.25) is 5.02 Å². The van der Waals surface area contributed by atoms with Gasteiger partial charge in [0, 0.05) is 11.6 Å². The van der Waals surface area contributed by atoms with Crippen LogP contribution < -0.4 is 10.1 Å². The first-order valence-electron chi connectivity index (χ1n) is 5.88. The quantitative estimate of drug-likeness (QED) is 0.898. The molecule has 2 unspecified atom stereocenters. The predicted molar refractivity (Wildman–Crippen MR) is 68.8 cm³/mol. The second kappa shape index (κ2) is 5.71. The third-order valence-electron chi connectivity index (χ3n) is 3.19. The Morgan fingerprint density at radius 1 is 1.53 bits per heavy atom. The van der Waals surface area contributed by atoms with Gasteiger partial charge in [-0.25, -0.2) is 0 Å². The van der Waals surface area contributed by atoms with Crippen LogP contribution in [0.1, 0.15) is 24.4 Å². The Balaban J connectivity index is 2.23. The Morgan fingerprint density at radius 2 is 2.35 bits per heavy atom. The minimum atomic E-state index is 0.149. The Labute approximate surface area is 107 Å². The van der Waals surface area contributed by atoms with Crippen molar-refractivity contribution in [1.29, 1.82) is 0 Å². The number of rotatable bonds is 4. The fourth-order valence-electron chi connectivity index (χ4n) is 2.29. The summed E-state index contributed by atoms with van der Waals surface area (Å²) in [6.45, 7) is 0.844. The van der Waals surface area contributed by atoms with Gasteiger partial charge in [-0.2, -0.15) is 0 Å². The summed E-state index contributed by atoms with van der Waals surface area (Å²) in [5.41, 5.74) is 1.07. The lowest BCUT2D eigenvalue weighted by Gasteiger charge is -2.24. The zero-order valence-electron chi connectivity index (χ0n) is 10.2. The number of benzene rings is 1. The van der Waals surface area contributed by atoms with E-state index in [9.17, 15) is 0 Å². The van der Waals surface area contributed by atoms with Crippen molar-refractivity contribution < 1.29 is 9.47 Å². The van der Waals surface area contributed by atoms with Gasteiger partial charge in [0.05, 0.1) is 19.3 Å². The molecule has 0 amide bonds. The van der Waals surface area contributed by atoms with E-state index in [2.05, 4.69) is 5.32 Å². The van der Waals surface area contributed by atoms with Gasteiger partial charge in [-0.1, -0.05) is 17.7 Å². The number of hydrogen-bond acceptors (Lipinski definition) is 3. The largest absolute Gasteiger partial charge is 0.497 e. The molecule has 1 aromatic rings. The second-order valence-corrected chi connectivity index (χ2v) is 4.61. The second-order valence-electron chi connectivity index (χ2n) is 4.21. The Bertz CT molecular complexity index is 378. The molecule has 4 heteroatoms. The molecule has 0 bridgehead atoms. The van der Waals surface area contributed by atoms with Crippen LogP contribution in [0.25, 0.3) is 0 Å². The van der Waals surface area contributed by atoms with Crippen LogP contribution in [-0.4, -0.2) is 26.9 Å². The average molecular weight is 256 g/mol. The maximum atomic E-state index is 6.28. The normalized spacial score (nSPS) is 21.5. The summed E-state index contributed by atoms with van der Waals surface area (Å²) in [5.74, 6) is 0.779. The maximum Gasteiger partial charge on any atom is 0.120 e. The molecular weight excluding hydrogens is 238 g/mol. The van der Waals surface area contributed by atoms with Crippen molar-refractivity contribution in [2.45, 2.75) is 25.0 Å². The molecule has 1 aromatic carbocycles. The highest BCUT2D eigenvalue weighted by Crippen LogP contribution is 2.32. The number of ether oxygens (including phenoxy) is 2. The molecule has 0 aromatic heterocycles. The molecule has 1 aliphatic heterocycles. The van der Waals surface area contributed by atoms with Crippen molar-refractivity contribution in [2.75, 3.05) is 20.8 Å². The molecular formula is C13H18ClNO2. The summed E-state index contributed by atoms with van der Waals surface area (Å²) in [6, 6.07) is 5.93. The molecule has 0 spiro atoms. The van der Waals surface area contributed by atoms with E-state index in [4.69, 9.17) is 21.1 Å². The van der Waals surface area contributed by atoms with E-state index in [0.717, 1.165) is 35.8 Å². The van der Waals surface area contributed by atoms with Crippen LogP contribution in [0, 0.1) is 0 Å². The molecule has 17 heavy (non-hydrogen) atoms. The Kier molecular flexibility index (Phi) is 4.26. The summed E-state index contributed by atoms with van der Waals surface area (Å²) in [7, 11) is 3.58. The van der Waals surface area contributed by atoms with Crippen LogP contribution >= 0.6 is 11.6 Å². The van der Waals surface area contributed by atoms with E-state index < -0.39 is 0 Å². The number of methoxy groups -OCH3 is 1. The Morgan fingerprint density at radius 3 is 2.88 bits per heavy atom. The van der Waals surface area contributed by atoms with Crippen molar-refractivity contribution in [3.63, 3.8) is 0 Å². The molecule has 94 valence electrons. The van der Waals surface area contributed by atoms with E-state index in [1.807, 2.05) is 25.2 Å². The zero-order chi connectivity index (χ0) is 12.3. The van der Waals surface area contributed by atoms with E-state index >= 15 is 0 Å². The molecule has 0 radical (unpaired) electrons. The predicted octanol–water partition coefficient (Wildman–Crippen LogP) is 2.79. The first-order chi connectivity index (χ1) is 8.26. The number of nitrogens with one attached hydrogen (secondary N) is 1. The SMILES string of the molecule is CNC(c1ccc(OC)cc1Cl)C1CCCO1. The standard InChI is InChI=1S/C13H18ClNO2/c1-15-13(12-4-3-7-17-12)10-6-5-9(16-2)8-11(10)14/h5-6,8,12-13,15H,3-4,7H2,1-2H3. The van der Waals surface area contributed by atoms with Gasteiger partial charge >= 0.3 is 0 Å². The number of likely N-dealkylation sites (N-methyl/N-ethyl adjacent to an activating group) is 1. The van der Waals surface area contributed by atoms with Crippen molar-refractivity contribution in [3.8, 4) is 5.75 Å². The lowest BCUT2D eigenvalue weighted by Crippen LogP contribution is -2.29. The molecule has 2 rings (SSSR count). The van der Waals surface area contributed by atoms with Crippen LogP contribution in [0.5, 0.6) is 5.75 Å². The third kappa shape index (κ3) is 2.73. The zero-order valence-corrected chi connectivity index (χ0v) is 11.0. The van der Waals surface area contributed by atoms with Crippen molar-refractivity contribution in [3.05, 3.63) is 28.8 Å². The molecule has 0 saturated carbocycles. The van der Waals surface area contributed by atoms with Gasteiger partial charge in [0.15, 0.2) is 0 Å². The van der Waals surface area contributed by atoms with Gasteiger partial charge in [0.1, 0.15) is 5.75 Å². The van der Waals surface area contributed by atoms with Gasteiger partial charge in [0.2, 0.25) is 0 Å². The van der Waals surface area contributed by atoms with Gasteiger partial charge < -0.3 is 14.8 Å². The fourth-order valence-corrected chi connectivity index (χ4v) is 2.58.